The van der Waals surface area contributed by atoms with Gasteiger partial charge in [0.15, 0.2) is 0 Å². The van der Waals surface area contributed by atoms with Gasteiger partial charge in [0, 0.05) is 38.6 Å². The minimum absolute atomic E-state index is 0.430. The second-order valence-corrected chi connectivity index (χ2v) is 9.62. The number of benzene rings is 2. The molecule has 0 unspecified atom stereocenters. The molecular weight excluding hydrogens is 356 g/mol. The van der Waals surface area contributed by atoms with Crippen molar-refractivity contribution in [2.24, 2.45) is 11.8 Å². The average Bonchev–Trinajstić information content (AvgIpc) is 2.76. The van der Waals surface area contributed by atoms with Crippen molar-refractivity contribution in [3.63, 3.8) is 0 Å². The fourth-order valence-electron chi connectivity index (χ4n) is 6.05. The van der Waals surface area contributed by atoms with Gasteiger partial charge in [0.25, 0.3) is 0 Å². The molecule has 0 radical (unpaired) electrons. The maximum absolute atomic E-state index is 12.7. The quantitative estimate of drug-likeness (QED) is 0.713. The van der Waals surface area contributed by atoms with Crippen LogP contribution in [-0.2, 0) is 11.3 Å². The number of hydrogen-bond acceptors (Lipinski definition) is 2. The van der Waals surface area contributed by atoms with Crippen LogP contribution in [0.3, 0.4) is 0 Å². The summed E-state index contributed by atoms with van der Waals surface area (Å²) in [4.78, 5) is 17.7. The summed E-state index contributed by atoms with van der Waals surface area (Å²) < 4.78 is 0. The highest BCUT2D eigenvalue weighted by Crippen LogP contribution is 2.34. The molecule has 3 fully saturated rings. The Kier molecular flexibility index (Phi) is 5.59. The third kappa shape index (κ3) is 4.21. The molecule has 3 nitrogen and oxygen atoms in total. The Balaban J connectivity index is 1.23. The molecule has 1 aliphatic carbocycles. The highest BCUT2D eigenvalue weighted by Gasteiger charge is 2.39. The maximum Gasteiger partial charge on any atom is 0.222 e. The molecule has 2 saturated heterocycles. The van der Waals surface area contributed by atoms with Crippen molar-refractivity contribution < 1.29 is 4.79 Å². The molecule has 0 aromatic heterocycles. The first-order valence-corrected chi connectivity index (χ1v) is 11.8. The molecule has 3 heteroatoms. The molecule has 1 amide bonds. The van der Waals surface area contributed by atoms with Gasteiger partial charge in [-0.1, -0.05) is 55.7 Å². The lowest BCUT2D eigenvalue weighted by molar-refractivity contribution is -0.142. The van der Waals surface area contributed by atoms with Gasteiger partial charge in [-0.2, -0.15) is 0 Å². The Labute approximate surface area is 175 Å². The van der Waals surface area contributed by atoms with E-state index in [9.17, 15) is 4.79 Å². The van der Waals surface area contributed by atoms with Crippen molar-refractivity contribution >= 4 is 16.7 Å². The van der Waals surface area contributed by atoms with E-state index in [-0.39, 0.29) is 0 Å². The largest absolute Gasteiger partial charge is 0.339 e. The van der Waals surface area contributed by atoms with Crippen molar-refractivity contribution in [1.29, 1.82) is 0 Å². The summed E-state index contributed by atoms with van der Waals surface area (Å²) >= 11 is 0. The van der Waals surface area contributed by atoms with E-state index in [0.29, 0.717) is 17.9 Å². The van der Waals surface area contributed by atoms with Crippen LogP contribution in [0.1, 0.15) is 56.9 Å². The van der Waals surface area contributed by atoms with E-state index in [2.05, 4.69) is 52.3 Å². The predicted octanol–water partition coefficient (Wildman–Crippen LogP) is 5.23. The molecule has 0 spiro atoms. The van der Waals surface area contributed by atoms with Crippen LogP contribution in [0.5, 0.6) is 0 Å². The van der Waals surface area contributed by atoms with Gasteiger partial charge in [-0.25, -0.2) is 0 Å². The van der Waals surface area contributed by atoms with E-state index < -0.39 is 0 Å². The zero-order chi connectivity index (χ0) is 19.6. The lowest BCUT2D eigenvalue weighted by Gasteiger charge is -2.48. The third-order valence-corrected chi connectivity index (χ3v) is 7.63. The van der Waals surface area contributed by atoms with E-state index >= 15 is 0 Å². The number of likely N-dealkylation sites (tertiary alicyclic amines) is 2. The molecule has 29 heavy (non-hydrogen) atoms. The number of nitrogens with zero attached hydrogens (tertiary/aromatic N) is 2. The van der Waals surface area contributed by atoms with Gasteiger partial charge in [0.05, 0.1) is 0 Å². The molecule has 2 atom stereocenters. The molecule has 2 heterocycles. The molecule has 0 bridgehead atoms. The van der Waals surface area contributed by atoms with Crippen molar-refractivity contribution in [2.45, 2.75) is 64.0 Å². The van der Waals surface area contributed by atoms with Gasteiger partial charge in [-0.3, -0.25) is 9.69 Å². The Hall–Kier alpha value is -1.87. The van der Waals surface area contributed by atoms with Gasteiger partial charge in [-0.05, 0) is 59.9 Å². The molecule has 1 saturated carbocycles. The molecule has 2 aromatic rings. The number of piperidine rings is 2. The van der Waals surface area contributed by atoms with Crippen LogP contribution in [0.25, 0.3) is 10.8 Å². The zero-order valence-corrected chi connectivity index (χ0v) is 17.6. The van der Waals surface area contributed by atoms with Crippen molar-refractivity contribution in [3.05, 3.63) is 48.0 Å². The topological polar surface area (TPSA) is 23.6 Å². The Morgan fingerprint density at radius 3 is 2.59 bits per heavy atom. The van der Waals surface area contributed by atoms with Crippen molar-refractivity contribution in [3.8, 4) is 0 Å². The molecule has 154 valence electrons. The van der Waals surface area contributed by atoms with Crippen molar-refractivity contribution in [1.82, 2.24) is 9.80 Å². The standard InChI is InChI=1S/C26H34N2O/c29-26-13-12-24-19-27(17-21-10-11-22-8-4-5-9-23(22)16-21)15-14-25(24)28(26)18-20-6-2-1-3-7-20/h4-5,8-11,16,20,24-25H,1-3,6-7,12-15,17-19H2/t24-,25+/m1/s1. The van der Waals surface area contributed by atoms with E-state index in [1.54, 1.807) is 0 Å². The summed E-state index contributed by atoms with van der Waals surface area (Å²) in [6.45, 7) is 4.32. The van der Waals surface area contributed by atoms with Crippen LogP contribution in [0.4, 0.5) is 0 Å². The lowest BCUT2D eigenvalue weighted by Crippen LogP contribution is -2.56. The summed E-state index contributed by atoms with van der Waals surface area (Å²) in [6, 6.07) is 16.0. The highest BCUT2D eigenvalue weighted by atomic mass is 16.2. The fourth-order valence-corrected chi connectivity index (χ4v) is 6.05. The Morgan fingerprint density at radius 1 is 0.897 bits per heavy atom. The van der Waals surface area contributed by atoms with Gasteiger partial charge >= 0.3 is 0 Å². The SMILES string of the molecule is O=C1CC[C@@H]2CN(Cc3ccc4ccccc4c3)CC[C@@H]2N1CC1CCCCC1. The van der Waals surface area contributed by atoms with Crippen LogP contribution in [0, 0.1) is 11.8 Å². The van der Waals surface area contributed by atoms with E-state index in [0.717, 1.165) is 51.4 Å². The summed E-state index contributed by atoms with van der Waals surface area (Å²) in [7, 11) is 0. The lowest BCUT2D eigenvalue weighted by atomic mass is 9.81. The van der Waals surface area contributed by atoms with Gasteiger partial charge in [0.1, 0.15) is 0 Å². The van der Waals surface area contributed by atoms with Crippen LogP contribution >= 0.6 is 0 Å². The monoisotopic (exact) mass is 390 g/mol. The summed E-state index contributed by atoms with van der Waals surface area (Å²) in [5.41, 5.74) is 1.41. The number of amides is 1. The number of rotatable bonds is 4. The second-order valence-electron chi connectivity index (χ2n) is 9.62. The molecule has 2 aromatic carbocycles. The van der Waals surface area contributed by atoms with Crippen LogP contribution < -0.4 is 0 Å². The number of carbonyl (C=O) groups excluding carboxylic acids is 1. The van der Waals surface area contributed by atoms with Gasteiger partial charge in [0.2, 0.25) is 5.91 Å². The molecule has 0 N–H and O–H groups in total. The minimum atomic E-state index is 0.430. The highest BCUT2D eigenvalue weighted by molar-refractivity contribution is 5.83. The third-order valence-electron chi connectivity index (χ3n) is 7.63. The summed E-state index contributed by atoms with van der Waals surface area (Å²) in [5, 5.41) is 2.65. The normalized spacial score (nSPS) is 26.6. The minimum Gasteiger partial charge on any atom is -0.339 e. The number of carbonyl (C=O) groups is 1. The summed E-state index contributed by atoms with van der Waals surface area (Å²) in [5.74, 6) is 1.84. The number of fused-ring (bicyclic) bond motifs is 2. The van der Waals surface area contributed by atoms with Gasteiger partial charge in [-0.15, -0.1) is 0 Å². The zero-order valence-electron chi connectivity index (χ0n) is 17.6. The summed E-state index contributed by atoms with van der Waals surface area (Å²) in [6.07, 6.45) is 9.76. The van der Waals surface area contributed by atoms with Gasteiger partial charge < -0.3 is 4.90 Å². The van der Waals surface area contributed by atoms with Crippen molar-refractivity contribution in [2.75, 3.05) is 19.6 Å². The second kappa shape index (κ2) is 8.47. The van der Waals surface area contributed by atoms with E-state index in [4.69, 9.17) is 0 Å². The molecular formula is C26H34N2O. The molecule has 5 rings (SSSR count). The Bertz CT molecular complexity index is 857. The average molecular weight is 391 g/mol. The molecule has 3 aliphatic rings. The smallest absolute Gasteiger partial charge is 0.222 e. The predicted molar refractivity (Wildman–Crippen MR) is 119 cm³/mol. The number of hydrogen-bond donors (Lipinski definition) is 0. The van der Waals surface area contributed by atoms with Crippen LogP contribution in [-0.4, -0.2) is 41.4 Å². The van der Waals surface area contributed by atoms with E-state index in [1.807, 2.05) is 0 Å². The maximum atomic E-state index is 12.7. The van der Waals surface area contributed by atoms with E-state index in [1.165, 1.54) is 48.4 Å². The van der Waals surface area contributed by atoms with Crippen LogP contribution in [0.15, 0.2) is 42.5 Å². The first-order chi connectivity index (χ1) is 14.3. The fraction of sp³-hybridized carbons (Fsp3) is 0.577. The first kappa shape index (κ1) is 19.1. The van der Waals surface area contributed by atoms with Crippen LogP contribution in [0.2, 0.25) is 0 Å². The molecule has 2 aliphatic heterocycles. The Morgan fingerprint density at radius 2 is 1.72 bits per heavy atom. The first-order valence-electron chi connectivity index (χ1n) is 11.8.